The van der Waals surface area contributed by atoms with Gasteiger partial charge >= 0.3 is 0 Å². The molecule has 0 saturated heterocycles. The van der Waals surface area contributed by atoms with Gasteiger partial charge in [0.05, 0.1) is 17.7 Å². The van der Waals surface area contributed by atoms with E-state index in [0.29, 0.717) is 28.5 Å². The highest BCUT2D eigenvalue weighted by atomic mass is 35.5. The first kappa shape index (κ1) is 28.0. The molecule has 0 heterocycles. The van der Waals surface area contributed by atoms with E-state index >= 15 is 0 Å². The highest BCUT2D eigenvalue weighted by Gasteiger charge is 2.27. The summed E-state index contributed by atoms with van der Waals surface area (Å²) < 4.78 is 33.8. The van der Waals surface area contributed by atoms with Gasteiger partial charge in [0.2, 0.25) is 10.0 Å². The number of carbonyl (C=O) groups is 1. The third kappa shape index (κ3) is 8.25. The molecular formula is C30H28ClN3O4S. The first-order valence-corrected chi connectivity index (χ1v) is 14.0. The second-order valence-electron chi connectivity index (χ2n) is 8.85. The Morgan fingerprint density at radius 2 is 1.64 bits per heavy atom. The zero-order valence-corrected chi connectivity index (χ0v) is 22.9. The van der Waals surface area contributed by atoms with E-state index in [1.165, 1.54) is 18.3 Å². The molecule has 4 aromatic carbocycles. The van der Waals surface area contributed by atoms with Crippen molar-refractivity contribution in [2.45, 2.75) is 25.0 Å². The fourth-order valence-corrected chi connectivity index (χ4v) is 5.19. The van der Waals surface area contributed by atoms with Crippen molar-refractivity contribution in [3.63, 3.8) is 0 Å². The number of hydrazone groups is 1. The molecule has 0 bridgehead atoms. The van der Waals surface area contributed by atoms with Gasteiger partial charge in [-0.2, -0.15) is 9.41 Å². The summed E-state index contributed by atoms with van der Waals surface area (Å²) in [5, 5.41) is 4.56. The number of sulfonamides is 1. The lowest BCUT2D eigenvalue weighted by Crippen LogP contribution is -2.39. The number of halogens is 1. The van der Waals surface area contributed by atoms with E-state index in [1.807, 2.05) is 55.5 Å². The van der Waals surface area contributed by atoms with Crippen LogP contribution < -0.4 is 10.2 Å². The van der Waals surface area contributed by atoms with Crippen LogP contribution in [0.15, 0.2) is 113 Å². The SMILES string of the molecule is Cc1ccc(S(=O)(=O)N(CC(=O)N/N=C\c2cccc(OCc3ccccc3)c2)Cc2ccc(Cl)cc2)cc1. The van der Waals surface area contributed by atoms with Gasteiger partial charge in [-0.1, -0.05) is 83.9 Å². The molecule has 0 fully saturated rings. The van der Waals surface area contributed by atoms with Gasteiger partial charge in [-0.25, -0.2) is 13.8 Å². The summed E-state index contributed by atoms with van der Waals surface area (Å²) in [6.45, 7) is 1.87. The predicted molar refractivity (Wildman–Crippen MR) is 153 cm³/mol. The monoisotopic (exact) mass is 561 g/mol. The van der Waals surface area contributed by atoms with Crippen LogP contribution in [-0.2, 0) is 28.0 Å². The maximum Gasteiger partial charge on any atom is 0.255 e. The van der Waals surface area contributed by atoms with Crippen molar-refractivity contribution >= 4 is 33.7 Å². The van der Waals surface area contributed by atoms with Gasteiger partial charge in [-0.15, -0.1) is 0 Å². The van der Waals surface area contributed by atoms with E-state index in [2.05, 4.69) is 10.5 Å². The van der Waals surface area contributed by atoms with Gasteiger partial charge in [0, 0.05) is 11.6 Å². The number of nitrogens with zero attached hydrogens (tertiary/aromatic N) is 2. The number of ether oxygens (including phenoxy) is 1. The van der Waals surface area contributed by atoms with Crippen LogP contribution in [0.2, 0.25) is 5.02 Å². The first-order chi connectivity index (χ1) is 18.8. The second kappa shape index (κ2) is 13.2. The Morgan fingerprint density at radius 1 is 0.923 bits per heavy atom. The van der Waals surface area contributed by atoms with Crippen molar-refractivity contribution in [1.29, 1.82) is 0 Å². The predicted octanol–water partition coefficient (Wildman–Crippen LogP) is 5.57. The van der Waals surface area contributed by atoms with Crippen LogP contribution in [0.3, 0.4) is 0 Å². The maximum absolute atomic E-state index is 13.4. The fourth-order valence-electron chi connectivity index (χ4n) is 3.68. The zero-order chi connectivity index (χ0) is 27.7. The maximum atomic E-state index is 13.4. The minimum absolute atomic E-state index is 0.00862. The highest BCUT2D eigenvalue weighted by Crippen LogP contribution is 2.20. The molecule has 0 radical (unpaired) electrons. The summed E-state index contributed by atoms with van der Waals surface area (Å²) in [7, 11) is -3.96. The minimum Gasteiger partial charge on any atom is -0.489 e. The molecule has 4 rings (SSSR count). The summed E-state index contributed by atoms with van der Waals surface area (Å²) in [6, 6.07) is 30.4. The van der Waals surface area contributed by atoms with Crippen molar-refractivity contribution in [2.24, 2.45) is 5.10 Å². The molecule has 0 saturated carbocycles. The molecule has 1 amide bonds. The van der Waals surface area contributed by atoms with Gasteiger partial charge in [0.15, 0.2) is 0 Å². The minimum atomic E-state index is -3.96. The van der Waals surface area contributed by atoms with Gasteiger partial charge in [-0.05, 0) is 60.0 Å². The Kier molecular flexibility index (Phi) is 9.49. The Morgan fingerprint density at radius 3 is 2.36 bits per heavy atom. The molecule has 0 atom stereocenters. The van der Waals surface area contributed by atoms with Crippen LogP contribution in [0.4, 0.5) is 0 Å². The van der Waals surface area contributed by atoms with Crippen LogP contribution in [0.25, 0.3) is 0 Å². The average Bonchev–Trinajstić information content (AvgIpc) is 2.94. The molecule has 0 aromatic heterocycles. The van der Waals surface area contributed by atoms with Crippen LogP contribution in [0, 0.1) is 6.92 Å². The second-order valence-corrected chi connectivity index (χ2v) is 11.2. The zero-order valence-electron chi connectivity index (χ0n) is 21.3. The Balaban J connectivity index is 1.42. The number of nitrogens with one attached hydrogen (secondary N) is 1. The fraction of sp³-hybridized carbons (Fsp3) is 0.133. The molecular weight excluding hydrogens is 534 g/mol. The molecule has 0 spiro atoms. The van der Waals surface area contributed by atoms with Crippen molar-refractivity contribution in [3.8, 4) is 5.75 Å². The molecule has 7 nitrogen and oxygen atoms in total. The van der Waals surface area contributed by atoms with Crippen molar-refractivity contribution < 1.29 is 17.9 Å². The lowest BCUT2D eigenvalue weighted by molar-refractivity contribution is -0.121. The number of hydrogen-bond acceptors (Lipinski definition) is 5. The van der Waals surface area contributed by atoms with E-state index < -0.39 is 22.5 Å². The number of amides is 1. The quantitative estimate of drug-likeness (QED) is 0.192. The molecule has 4 aromatic rings. The number of aryl methyl sites for hydroxylation is 1. The summed E-state index contributed by atoms with van der Waals surface area (Å²) in [5.41, 5.74) is 5.82. The van der Waals surface area contributed by atoms with Crippen LogP contribution in [-0.4, -0.2) is 31.4 Å². The molecule has 1 N–H and O–H groups in total. The lowest BCUT2D eigenvalue weighted by atomic mass is 10.2. The Bertz CT molecular complexity index is 1520. The van der Waals surface area contributed by atoms with Gasteiger partial charge < -0.3 is 4.74 Å². The smallest absolute Gasteiger partial charge is 0.255 e. The van der Waals surface area contributed by atoms with Crippen molar-refractivity contribution in [3.05, 3.63) is 130 Å². The molecule has 0 aliphatic carbocycles. The molecule has 9 heteroatoms. The molecule has 0 aliphatic rings. The van der Waals surface area contributed by atoms with E-state index in [9.17, 15) is 13.2 Å². The third-order valence-corrected chi connectivity index (χ3v) is 7.82. The lowest BCUT2D eigenvalue weighted by Gasteiger charge is -2.21. The average molecular weight is 562 g/mol. The van der Waals surface area contributed by atoms with E-state index in [1.54, 1.807) is 42.5 Å². The molecule has 200 valence electrons. The van der Waals surface area contributed by atoms with Crippen LogP contribution in [0.1, 0.15) is 22.3 Å². The van der Waals surface area contributed by atoms with Gasteiger partial charge in [-0.3, -0.25) is 4.79 Å². The summed E-state index contributed by atoms with van der Waals surface area (Å²) in [4.78, 5) is 12.9. The van der Waals surface area contributed by atoms with E-state index in [4.69, 9.17) is 16.3 Å². The standard InChI is InChI=1S/C30H28ClN3O4S/c1-23-10-16-29(17-11-23)39(36,37)34(20-24-12-14-27(31)15-13-24)21-30(35)33-32-19-26-8-5-9-28(18-26)38-22-25-6-3-2-4-7-25/h2-19H,20-22H2,1H3,(H,33,35)/b32-19-. The normalized spacial score (nSPS) is 11.6. The number of carbonyl (C=O) groups excluding carboxylic acids is 1. The van der Waals surface area contributed by atoms with E-state index in [-0.39, 0.29) is 11.4 Å². The highest BCUT2D eigenvalue weighted by molar-refractivity contribution is 7.89. The molecule has 0 aliphatic heterocycles. The van der Waals surface area contributed by atoms with Crippen molar-refractivity contribution in [1.82, 2.24) is 9.73 Å². The Hall–Kier alpha value is -3.98. The summed E-state index contributed by atoms with van der Waals surface area (Å²) in [6.07, 6.45) is 1.48. The topological polar surface area (TPSA) is 88.1 Å². The third-order valence-electron chi connectivity index (χ3n) is 5.76. The van der Waals surface area contributed by atoms with Crippen LogP contribution in [0.5, 0.6) is 5.75 Å². The Labute approximate surface area is 233 Å². The van der Waals surface area contributed by atoms with E-state index in [0.717, 1.165) is 15.4 Å². The van der Waals surface area contributed by atoms with Gasteiger partial charge in [0.1, 0.15) is 12.4 Å². The van der Waals surface area contributed by atoms with Crippen molar-refractivity contribution in [2.75, 3.05) is 6.54 Å². The largest absolute Gasteiger partial charge is 0.489 e. The summed E-state index contributed by atoms with van der Waals surface area (Å²) >= 11 is 5.98. The summed E-state index contributed by atoms with van der Waals surface area (Å²) in [5.74, 6) is 0.0832. The first-order valence-electron chi connectivity index (χ1n) is 12.2. The number of hydrogen-bond donors (Lipinski definition) is 1. The molecule has 39 heavy (non-hydrogen) atoms. The van der Waals surface area contributed by atoms with Gasteiger partial charge in [0.25, 0.3) is 5.91 Å². The number of benzene rings is 4. The van der Waals surface area contributed by atoms with Crippen LogP contribution >= 0.6 is 11.6 Å². The molecule has 0 unspecified atom stereocenters. The number of rotatable bonds is 11.